The van der Waals surface area contributed by atoms with Crippen LogP contribution in [0.15, 0.2) is 53.1 Å². The molecule has 0 aliphatic rings. The van der Waals surface area contributed by atoms with Crippen LogP contribution in [0.25, 0.3) is 11.3 Å². The molecule has 0 saturated heterocycles. The SMILES string of the molecule is Cc1cccc(-c2cc(C(=O)NCc3cccc(F)c3F)no2)c1. The molecule has 0 aliphatic heterocycles. The first kappa shape index (κ1) is 15.9. The van der Waals surface area contributed by atoms with Crippen LogP contribution in [0.2, 0.25) is 0 Å². The van der Waals surface area contributed by atoms with Crippen molar-refractivity contribution in [2.45, 2.75) is 13.5 Å². The van der Waals surface area contributed by atoms with E-state index in [1.54, 1.807) is 0 Å². The van der Waals surface area contributed by atoms with Crippen molar-refractivity contribution in [2.75, 3.05) is 0 Å². The molecule has 1 amide bonds. The minimum absolute atomic E-state index is 0.0609. The van der Waals surface area contributed by atoms with Crippen LogP contribution in [0.5, 0.6) is 0 Å². The van der Waals surface area contributed by atoms with Crippen LogP contribution in [0, 0.1) is 18.6 Å². The van der Waals surface area contributed by atoms with Gasteiger partial charge in [-0.15, -0.1) is 0 Å². The lowest BCUT2D eigenvalue weighted by molar-refractivity contribution is 0.0941. The van der Waals surface area contributed by atoms with E-state index in [0.29, 0.717) is 5.76 Å². The van der Waals surface area contributed by atoms with Crippen LogP contribution in [-0.4, -0.2) is 11.1 Å². The molecule has 0 saturated carbocycles. The summed E-state index contributed by atoms with van der Waals surface area (Å²) in [7, 11) is 0. The van der Waals surface area contributed by atoms with Gasteiger partial charge in [0.05, 0.1) is 0 Å². The first-order valence-corrected chi connectivity index (χ1v) is 7.29. The van der Waals surface area contributed by atoms with Crippen LogP contribution in [-0.2, 0) is 6.54 Å². The van der Waals surface area contributed by atoms with Crippen LogP contribution in [0.3, 0.4) is 0 Å². The van der Waals surface area contributed by atoms with Crippen molar-refractivity contribution in [3.8, 4) is 11.3 Å². The number of aromatic nitrogens is 1. The van der Waals surface area contributed by atoms with Gasteiger partial charge in [-0.2, -0.15) is 0 Å². The second-order valence-electron chi connectivity index (χ2n) is 5.34. The van der Waals surface area contributed by atoms with E-state index in [1.807, 2.05) is 31.2 Å². The van der Waals surface area contributed by atoms with Gasteiger partial charge in [-0.25, -0.2) is 8.78 Å². The molecule has 6 heteroatoms. The van der Waals surface area contributed by atoms with Crippen molar-refractivity contribution in [1.29, 1.82) is 0 Å². The summed E-state index contributed by atoms with van der Waals surface area (Å²) in [4.78, 5) is 12.1. The number of amides is 1. The minimum Gasteiger partial charge on any atom is -0.355 e. The molecule has 3 rings (SSSR count). The molecule has 1 aromatic heterocycles. The third-order valence-electron chi connectivity index (χ3n) is 3.52. The van der Waals surface area contributed by atoms with Crippen LogP contribution in [0.1, 0.15) is 21.6 Å². The summed E-state index contributed by atoms with van der Waals surface area (Å²) in [5.74, 6) is -1.99. The molecule has 0 aliphatic carbocycles. The Morgan fingerprint density at radius 1 is 1.17 bits per heavy atom. The molecule has 1 N–H and O–H groups in total. The van der Waals surface area contributed by atoms with Gasteiger partial charge < -0.3 is 9.84 Å². The summed E-state index contributed by atoms with van der Waals surface area (Å²) < 4.78 is 31.9. The highest BCUT2D eigenvalue weighted by atomic mass is 19.2. The van der Waals surface area contributed by atoms with Gasteiger partial charge >= 0.3 is 0 Å². The maximum absolute atomic E-state index is 13.6. The van der Waals surface area contributed by atoms with Crippen molar-refractivity contribution in [3.05, 3.63) is 77.0 Å². The smallest absolute Gasteiger partial charge is 0.273 e. The van der Waals surface area contributed by atoms with Crippen molar-refractivity contribution >= 4 is 5.91 Å². The first-order chi connectivity index (χ1) is 11.5. The largest absolute Gasteiger partial charge is 0.355 e. The van der Waals surface area contributed by atoms with Gasteiger partial charge in [0.15, 0.2) is 23.1 Å². The number of halogens is 2. The highest BCUT2D eigenvalue weighted by Gasteiger charge is 2.15. The van der Waals surface area contributed by atoms with Crippen LogP contribution in [0.4, 0.5) is 8.78 Å². The average molecular weight is 328 g/mol. The molecule has 0 unspecified atom stereocenters. The number of hydrogen-bond donors (Lipinski definition) is 1. The van der Waals surface area contributed by atoms with Gasteiger partial charge in [-0.3, -0.25) is 4.79 Å². The van der Waals surface area contributed by atoms with E-state index in [4.69, 9.17) is 4.52 Å². The average Bonchev–Trinajstić information content (AvgIpc) is 3.06. The lowest BCUT2D eigenvalue weighted by Gasteiger charge is -2.04. The van der Waals surface area contributed by atoms with Gasteiger partial charge in [0, 0.05) is 23.7 Å². The van der Waals surface area contributed by atoms with Crippen LogP contribution >= 0.6 is 0 Å². The lowest BCUT2D eigenvalue weighted by atomic mass is 10.1. The molecule has 0 atom stereocenters. The highest BCUT2D eigenvalue weighted by molar-refractivity contribution is 5.93. The molecule has 0 spiro atoms. The number of rotatable bonds is 4. The standard InChI is InChI=1S/C18H14F2N2O2/c1-11-4-2-5-12(8-11)16-9-15(22-24-16)18(23)21-10-13-6-3-7-14(19)17(13)20/h2-9H,10H2,1H3,(H,21,23). The van der Waals surface area contributed by atoms with Gasteiger partial charge in [-0.05, 0) is 19.1 Å². The molecular weight excluding hydrogens is 314 g/mol. The summed E-state index contributed by atoms with van der Waals surface area (Å²) in [6, 6.07) is 12.9. The van der Waals surface area contributed by atoms with Gasteiger partial charge in [0.2, 0.25) is 0 Å². The van der Waals surface area contributed by atoms with E-state index in [1.165, 1.54) is 18.2 Å². The Labute approximate surface area is 137 Å². The van der Waals surface area contributed by atoms with Crippen molar-refractivity contribution in [2.24, 2.45) is 0 Å². The fourth-order valence-electron chi connectivity index (χ4n) is 2.27. The number of aryl methyl sites for hydroxylation is 1. The number of carbonyl (C=O) groups excluding carboxylic acids is 1. The maximum Gasteiger partial charge on any atom is 0.273 e. The second-order valence-corrected chi connectivity index (χ2v) is 5.34. The molecule has 24 heavy (non-hydrogen) atoms. The van der Waals surface area contributed by atoms with E-state index < -0.39 is 17.5 Å². The molecule has 2 aromatic carbocycles. The third-order valence-corrected chi connectivity index (χ3v) is 3.52. The fraction of sp³-hybridized carbons (Fsp3) is 0.111. The molecule has 122 valence electrons. The Morgan fingerprint density at radius 2 is 1.96 bits per heavy atom. The number of hydrogen-bond acceptors (Lipinski definition) is 3. The number of nitrogens with zero attached hydrogens (tertiary/aromatic N) is 1. The zero-order chi connectivity index (χ0) is 17.1. The molecule has 3 aromatic rings. The Balaban J connectivity index is 1.71. The Hall–Kier alpha value is -3.02. The van der Waals surface area contributed by atoms with E-state index >= 15 is 0 Å². The summed E-state index contributed by atoms with van der Waals surface area (Å²) >= 11 is 0. The Morgan fingerprint density at radius 3 is 2.75 bits per heavy atom. The monoisotopic (exact) mass is 328 g/mol. The van der Waals surface area contributed by atoms with Gasteiger partial charge in [-0.1, -0.05) is 41.1 Å². The topological polar surface area (TPSA) is 55.1 Å². The van der Waals surface area contributed by atoms with E-state index in [9.17, 15) is 13.6 Å². The van der Waals surface area contributed by atoms with Crippen molar-refractivity contribution in [1.82, 2.24) is 10.5 Å². The normalized spacial score (nSPS) is 10.6. The van der Waals surface area contributed by atoms with E-state index in [0.717, 1.165) is 17.2 Å². The molecular formula is C18H14F2N2O2. The summed E-state index contributed by atoms with van der Waals surface area (Å²) in [5.41, 5.74) is 1.99. The molecule has 0 bridgehead atoms. The predicted octanol–water partition coefficient (Wildman–Crippen LogP) is 3.86. The summed E-state index contributed by atoms with van der Waals surface area (Å²) in [6.45, 7) is 1.80. The zero-order valence-corrected chi connectivity index (χ0v) is 12.8. The van der Waals surface area contributed by atoms with Crippen LogP contribution < -0.4 is 5.32 Å². The number of benzene rings is 2. The Bertz CT molecular complexity index is 890. The lowest BCUT2D eigenvalue weighted by Crippen LogP contribution is -2.23. The van der Waals surface area contributed by atoms with Crippen molar-refractivity contribution < 1.29 is 18.1 Å². The maximum atomic E-state index is 13.6. The molecule has 4 nitrogen and oxygen atoms in total. The van der Waals surface area contributed by atoms with Gasteiger partial charge in [0.25, 0.3) is 5.91 Å². The molecule has 0 fully saturated rings. The minimum atomic E-state index is -0.974. The third kappa shape index (κ3) is 3.32. The second kappa shape index (κ2) is 6.62. The number of nitrogens with one attached hydrogen (secondary N) is 1. The van der Waals surface area contributed by atoms with Crippen molar-refractivity contribution in [3.63, 3.8) is 0 Å². The summed E-state index contributed by atoms with van der Waals surface area (Å²) in [6.07, 6.45) is 0. The first-order valence-electron chi connectivity index (χ1n) is 7.29. The predicted molar refractivity (Wildman–Crippen MR) is 84.2 cm³/mol. The van der Waals surface area contributed by atoms with E-state index in [-0.39, 0.29) is 17.8 Å². The highest BCUT2D eigenvalue weighted by Crippen LogP contribution is 2.21. The van der Waals surface area contributed by atoms with E-state index in [2.05, 4.69) is 10.5 Å². The van der Waals surface area contributed by atoms with Gasteiger partial charge in [0.1, 0.15) is 0 Å². The number of carbonyl (C=O) groups is 1. The fourth-order valence-corrected chi connectivity index (χ4v) is 2.27. The summed E-state index contributed by atoms with van der Waals surface area (Å²) in [5, 5.41) is 6.21. The molecule has 1 heterocycles. The quantitative estimate of drug-likeness (QED) is 0.791. The zero-order valence-electron chi connectivity index (χ0n) is 12.8. The molecule has 0 radical (unpaired) electrons. The Kier molecular flexibility index (Phi) is 4.37.